The van der Waals surface area contributed by atoms with Crippen LogP contribution < -0.4 is 5.32 Å². The first-order chi connectivity index (χ1) is 6.49. The maximum absolute atomic E-state index is 11.3. The molecule has 0 aromatic carbocycles. The summed E-state index contributed by atoms with van der Waals surface area (Å²) < 4.78 is 0. The standard InChI is InChI=1S/C9H19N3O2/c1-5-6-10-8(13)7-12(4)9(14)11(2)3/h5-7H2,1-4H3,(H,10,13). The van der Waals surface area contributed by atoms with Crippen LogP contribution in [0.1, 0.15) is 13.3 Å². The van der Waals surface area contributed by atoms with E-state index < -0.39 is 0 Å². The Morgan fingerprint density at radius 1 is 1.21 bits per heavy atom. The molecule has 14 heavy (non-hydrogen) atoms. The van der Waals surface area contributed by atoms with Gasteiger partial charge in [0.1, 0.15) is 6.54 Å². The molecule has 0 aromatic rings. The van der Waals surface area contributed by atoms with Crippen molar-refractivity contribution in [2.45, 2.75) is 13.3 Å². The van der Waals surface area contributed by atoms with E-state index in [4.69, 9.17) is 0 Å². The van der Waals surface area contributed by atoms with Gasteiger partial charge in [0.05, 0.1) is 0 Å². The molecule has 0 atom stereocenters. The molecule has 0 aliphatic rings. The summed E-state index contributed by atoms with van der Waals surface area (Å²) in [5.74, 6) is -0.121. The van der Waals surface area contributed by atoms with Crippen LogP contribution in [0.4, 0.5) is 4.79 Å². The lowest BCUT2D eigenvalue weighted by Gasteiger charge is -2.20. The van der Waals surface area contributed by atoms with Crippen LogP contribution in [0, 0.1) is 0 Å². The van der Waals surface area contributed by atoms with Gasteiger partial charge in [-0.3, -0.25) is 4.79 Å². The molecule has 0 heterocycles. The van der Waals surface area contributed by atoms with Crippen LogP contribution in [-0.4, -0.2) is 56.0 Å². The van der Waals surface area contributed by atoms with Gasteiger partial charge in [-0.2, -0.15) is 0 Å². The Balaban J connectivity index is 3.87. The highest BCUT2D eigenvalue weighted by atomic mass is 16.2. The van der Waals surface area contributed by atoms with Crippen molar-refractivity contribution in [3.8, 4) is 0 Å². The molecule has 3 amide bonds. The summed E-state index contributed by atoms with van der Waals surface area (Å²) >= 11 is 0. The van der Waals surface area contributed by atoms with Crippen molar-refractivity contribution in [2.75, 3.05) is 34.2 Å². The van der Waals surface area contributed by atoms with E-state index in [1.165, 1.54) is 9.80 Å². The number of nitrogens with zero attached hydrogens (tertiary/aromatic N) is 2. The zero-order chi connectivity index (χ0) is 11.1. The van der Waals surface area contributed by atoms with E-state index in [0.717, 1.165) is 6.42 Å². The number of carbonyl (C=O) groups is 2. The van der Waals surface area contributed by atoms with Crippen molar-refractivity contribution in [3.05, 3.63) is 0 Å². The second kappa shape index (κ2) is 6.23. The van der Waals surface area contributed by atoms with Crippen LogP contribution in [0.3, 0.4) is 0 Å². The number of hydrogen-bond acceptors (Lipinski definition) is 2. The summed E-state index contributed by atoms with van der Waals surface area (Å²) in [6, 6.07) is -0.170. The topological polar surface area (TPSA) is 52.7 Å². The second-order valence-corrected chi connectivity index (χ2v) is 3.38. The molecule has 5 heteroatoms. The van der Waals surface area contributed by atoms with Crippen LogP contribution >= 0.6 is 0 Å². The van der Waals surface area contributed by atoms with Crippen molar-refractivity contribution < 1.29 is 9.59 Å². The second-order valence-electron chi connectivity index (χ2n) is 3.38. The number of likely N-dealkylation sites (N-methyl/N-ethyl adjacent to an activating group) is 1. The largest absolute Gasteiger partial charge is 0.355 e. The van der Waals surface area contributed by atoms with Crippen molar-refractivity contribution >= 4 is 11.9 Å². The van der Waals surface area contributed by atoms with E-state index in [1.807, 2.05) is 6.92 Å². The van der Waals surface area contributed by atoms with Gasteiger partial charge in [-0.05, 0) is 6.42 Å². The van der Waals surface area contributed by atoms with Crippen molar-refractivity contribution in [1.29, 1.82) is 0 Å². The molecular weight excluding hydrogens is 182 g/mol. The first-order valence-corrected chi connectivity index (χ1v) is 4.68. The third-order valence-corrected chi connectivity index (χ3v) is 1.66. The van der Waals surface area contributed by atoms with Crippen LogP contribution in [-0.2, 0) is 4.79 Å². The molecule has 0 fully saturated rings. The Kier molecular flexibility index (Phi) is 5.67. The maximum atomic E-state index is 11.3. The molecule has 0 radical (unpaired) electrons. The van der Waals surface area contributed by atoms with Crippen LogP contribution in [0.25, 0.3) is 0 Å². The van der Waals surface area contributed by atoms with Gasteiger partial charge >= 0.3 is 6.03 Å². The SMILES string of the molecule is CCCNC(=O)CN(C)C(=O)N(C)C. The van der Waals surface area contributed by atoms with Gasteiger partial charge in [-0.1, -0.05) is 6.92 Å². The molecule has 0 aliphatic heterocycles. The first-order valence-electron chi connectivity index (χ1n) is 4.68. The summed E-state index contributed by atoms with van der Waals surface area (Å²) in [6.45, 7) is 2.74. The third kappa shape index (κ3) is 4.69. The van der Waals surface area contributed by atoms with Gasteiger partial charge in [0.15, 0.2) is 0 Å². The van der Waals surface area contributed by atoms with E-state index in [2.05, 4.69) is 5.32 Å². The highest BCUT2D eigenvalue weighted by Gasteiger charge is 2.13. The Hall–Kier alpha value is -1.26. The van der Waals surface area contributed by atoms with E-state index in [1.54, 1.807) is 21.1 Å². The average Bonchev–Trinajstić information content (AvgIpc) is 2.13. The van der Waals surface area contributed by atoms with Gasteiger partial charge in [-0.25, -0.2) is 4.79 Å². The number of urea groups is 1. The highest BCUT2D eigenvalue weighted by molar-refractivity contribution is 5.83. The summed E-state index contributed by atoms with van der Waals surface area (Å²) in [6.07, 6.45) is 0.900. The minimum absolute atomic E-state index is 0.108. The average molecular weight is 201 g/mol. The van der Waals surface area contributed by atoms with Gasteiger partial charge < -0.3 is 15.1 Å². The van der Waals surface area contributed by atoms with Gasteiger partial charge in [-0.15, -0.1) is 0 Å². The van der Waals surface area contributed by atoms with Crippen molar-refractivity contribution in [3.63, 3.8) is 0 Å². The smallest absolute Gasteiger partial charge is 0.319 e. The summed E-state index contributed by atoms with van der Waals surface area (Å²) in [4.78, 5) is 25.4. The summed E-state index contributed by atoms with van der Waals surface area (Å²) in [5, 5.41) is 2.71. The molecule has 82 valence electrons. The molecule has 0 bridgehead atoms. The number of carbonyl (C=O) groups excluding carboxylic acids is 2. The number of nitrogens with one attached hydrogen (secondary N) is 1. The van der Waals surface area contributed by atoms with Gasteiger partial charge in [0, 0.05) is 27.7 Å². The van der Waals surface area contributed by atoms with Gasteiger partial charge in [0.2, 0.25) is 5.91 Å². The Labute approximate surface area is 85.1 Å². The van der Waals surface area contributed by atoms with E-state index in [0.29, 0.717) is 6.54 Å². The Morgan fingerprint density at radius 3 is 2.21 bits per heavy atom. The minimum Gasteiger partial charge on any atom is -0.355 e. The fourth-order valence-corrected chi connectivity index (χ4v) is 0.945. The van der Waals surface area contributed by atoms with Crippen LogP contribution in [0.2, 0.25) is 0 Å². The number of amides is 3. The highest BCUT2D eigenvalue weighted by Crippen LogP contribution is 1.89. The molecule has 0 spiro atoms. The fraction of sp³-hybridized carbons (Fsp3) is 0.778. The molecule has 0 aromatic heterocycles. The summed E-state index contributed by atoms with van der Waals surface area (Å²) in [5.41, 5.74) is 0. The molecule has 5 nitrogen and oxygen atoms in total. The molecule has 0 unspecified atom stereocenters. The van der Waals surface area contributed by atoms with Crippen molar-refractivity contribution in [1.82, 2.24) is 15.1 Å². The zero-order valence-electron chi connectivity index (χ0n) is 9.33. The van der Waals surface area contributed by atoms with Crippen molar-refractivity contribution in [2.24, 2.45) is 0 Å². The molecule has 0 rings (SSSR count). The maximum Gasteiger partial charge on any atom is 0.319 e. The predicted molar refractivity (Wildman–Crippen MR) is 55.0 cm³/mol. The molecule has 0 saturated carbocycles. The molecule has 1 N–H and O–H groups in total. The quantitative estimate of drug-likeness (QED) is 0.702. The fourth-order valence-electron chi connectivity index (χ4n) is 0.945. The normalized spacial score (nSPS) is 9.43. The Morgan fingerprint density at radius 2 is 1.79 bits per heavy atom. The third-order valence-electron chi connectivity index (χ3n) is 1.66. The minimum atomic E-state index is -0.170. The van der Waals surface area contributed by atoms with Crippen LogP contribution in [0.15, 0.2) is 0 Å². The predicted octanol–water partition coefficient (Wildman–Crippen LogP) is 0.126. The zero-order valence-corrected chi connectivity index (χ0v) is 9.33. The van der Waals surface area contributed by atoms with E-state index in [-0.39, 0.29) is 18.5 Å². The lowest BCUT2D eigenvalue weighted by molar-refractivity contribution is -0.121. The Bertz CT molecular complexity index is 204. The monoisotopic (exact) mass is 201 g/mol. The lowest BCUT2D eigenvalue weighted by atomic mass is 10.4. The number of hydrogen-bond donors (Lipinski definition) is 1. The molecular formula is C9H19N3O2. The summed E-state index contributed by atoms with van der Waals surface area (Å²) in [7, 11) is 4.92. The van der Waals surface area contributed by atoms with Gasteiger partial charge in [0.25, 0.3) is 0 Å². The molecule has 0 saturated heterocycles. The number of rotatable bonds is 4. The first kappa shape index (κ1) is 12.7. The van der Waals surface area contributed by atoms with E-state index >= 15 is 0 Å². The van der Waals surface area contributed by atoms with E-state index in [9.17, 15) is 9.59 Å². The molecule has 0 aliphatic carbocycles. The lowest BCUT2D eigenvalue weighted by Crippen LogP contribution is -2.42. The van der Waals surface area contributed by atoms with Crippen LogP contribution in [0.5, 0.6) is 0 Å².